The van der Waals surface area contributed by atoms with Crippen LogP contribution in [0.15, 0.2) is 91.0 Å². The molecule has 0 atom stereocenters. The van der Waals surface area contributed by atoms with Crippen molar-refractivity contribution in [2.45, 2.75) is 33.4 Å². The summed E-state index contributed by atoms with van der Waals surface area (Å²) in [6.45, 7) is 2.80. The summed E-state index contributed by atoms with van der Waals surface area (Å²) in [5.41, 5.74) is -3.12. The molecule has 304 valence electrons. The molecule has 0 spiro atoms. The molecule has 0 saturated heterocycles. The van der Waals surface area contributed by atoms with Gasteiger partial charge in [0.2, 0.25) is 5.88 Å². The molecule has 0 unspecified atom stereocenters. The predicted octanol–water partition coefficient (Wildman–Crippen LogP) is 3.53. The monoisotopic (exact) mass is 880 g/mol. The third-order valence-electron chi connectivity index (χ3n) is 6.76. The van der Waals surface area contributed by atoms with Gasteiger partial charge in [-0.15, -0.1) is 8.67 Å². The SMILES string of the molecule is CC#CC#COC(=O)C1=NN(c2cc(SOOO)ccc2S(=O)(=O)O)C(=O)/C1=C\C=CC=Cc1c(C(=O)OCC)nn(-c2cc(SOOO)ccc2S(=O)(=O)O)c1O. The number of carbonyl (C=O) groups excluding carboxylic acids is 3. The quantitative estimate of drug-likeness (QED) is 0.0201. The van der Waals surface area contributed by atoms with Gasteiger partial charge < -0.3 is 14.6 Å². The van der Waals surface area contributed by atoms with Gasteiger partial charge in [0.15, 0.2) is 11.4 Å². The van der Waals surface area contributed by atoms with Crippen molar-refractivity contribution in [3.05, 3.63) is 77.5 Å². The number of amides is 1. The molecule has 58 heavy (non-hydrogen) atoms. The maximum atomic E-state index is 13.7. The Morgan fingerprint density at radius 1 is 0.879 bits per heavy atom. The number of hydrogen-bond donors (Lipinski definition) is 5. The Labute approximate surface area is 335 Å². The summed E-state index contributed by atoms with van der Waals surface area (Å²) in [6.07, 6.45) is 7.74. The fraction of sp³-hybridized carbons (Fsp3) is 0.0938. The van der Waals surface area contributed by atoms with Crippen molar-refractivity contribution in [3.8, 4) is 35.4 Å². The molecular formula is C32H24N4O18S4. The van der Waals surface area contributed by atoms with Crippen LogP contribution < -0.4 is 5.01 Å². The summed E-state index contributed by atoms with van der Waals surface area (Å²) in [6, 6.07) is 6.10. The second-order valence-electron chi connectivity index (χ2n) is 10.3. The minimum atomic E-state index is -5.02. The number of anilines is 1. The van der Waals surface area contributed by atoms with Gasteiger partial charge in [0.1, 0.15) is 15.9 Å². The van der Waals surface area contributed by atoms with E-state index in [0.717, 1.165) is 48.6 Å². The van der Waals surface area contributed by atoms with Crippen molar-refractivity contribution in [1.82, 2.24) is 9.78 Å². The largest absolute Gasteiger partial charge is 0.493 e. The molecule has 1 aliphatic rings. The summed E-state index contributed by atoms with van der Waals surface area (Å²) in [5.74, 6) is 2.67. The molecule has 1 amide bonds. The molecule has 0 aliphatic carbocycles. The Bertz CT molecular complexity index is 2600. The van der Waals surface area contributed by atoms with Gasteiger partial charge in [-0.05, 0) is 68.3 Å². The Kier molecular flexibility index (Phi) is 15.5. The lowest BCUT2D eigenvalue weighted by atomic mass is 10.1. The zero-order chi connectivity index (χ0) is 42.6. The van der Waals surface area contributed by atoms with Crippen molar-refractivity contribution < 1.29 is 84.2 Å². The predicted molar refractivity (Wildman–Crippen MR) is 197 cm³/mol. The Morgan fingerprint density at radius 3 is 2.05 bits per heavy atom. The zero-order valence-corrected chi connectivity index (χ0v) is 32.3. The Balaban J connectivity index is 1.79. The molecule has 2 heterocycles. The first kappa shape index (κ1) is 44.9. The number of hydrogen-bond acceptors (Lipinski definition) is 20. The molecule has 0 fully saturated rings. The summed E-state index contributed by atoms with van der Waals surface area (Å²) in [5, 5.41) is 43.6. The van der Waals surface area contributed by atoms with E-state index in [0.29, 0.717) is 33.8 Å². The molecule has 0 saturated carbocycles. The van der Waals surface area contributed by atoms with Crippen molar-refractivity contribution in [2.24, 2.45) is 5.10 Å². The van der Waals surface area contributed by atoms with E-state index in [1.807, 2.05) is 6.11 Å². The molecule has 1 aliphatic heterocycles. The molecule has 26 heteroatoms. The number of esters is 2. The first-order valence-corrected chi connectivity index (χ1v) is 19.6. The third-order valence-corrected chi connectivity index (χ3v) is 9.71. The van der Waals surface area contributed by atoms with Gasteiger partial charge in [-0.2, -0.15) is 36.7 Å². The van der Waals surface area contributed by atoms with Gasteiger partial charge in [0.05, 0.1) is 53.2 Å². The lowest BCUT2D eigenvalue weighted by Crippen LogP contribution is -2.24. The summed E-state index contributed by atoms with van der Waals surface area (Å²) in [7, 11) is -9.99. The van der Waals surface area contributed by atoms with Crippen molar-refractivity contribution in [1.29, 1.82) is 0 Å². The molecule has 0 radical (unpaired) electrons. The fourth-order valence-corrected chi connectivity index (χ4v) is 6.61. The Hall–Kier alpha value is -5.85. The van der Waals surface area contributed by atoms with Crippen LogP contribution in [0.2, 0.25) is 0 Å². The van der Waals surface area contributed by atoms with Crippen LogP contribution in [0.3, 0.4) is 0 Å². The lowest BCUT2D eigenvalue weighted by Gasteiger charge is -2.15. The normalized spacial score (nSPS) is 13.7. The number of ether oxygens (including phenoxy) is 2. The van der Waals surface area contributed by atoms with E-state index in [-0.39, 0.29) is 22.0 Å². The number of carbonyl (C=O) groups is 3. The number of nitrogens with zero attached hydrogens (tertiary/aromatic N) is 4. The lowest BCUT2D eigenvalue weighted by molar-refractivity contribution is -0.432. The second-order valence-corrected chi connectivity index (χ2v) is 14.6. The van der Waals surface area contributed by atoms with Crippen LogP contribution in [0.1, 0.15) is 29.9 Å². The maximum absolute atomic E-state index is 13.7. The third kappa shape index (κ3) is 11.0. The first-order chi connectivity index (χ1) is 27.6. The van der Waals surface area contributed by atoms with Crippen LogP contribution in [0.25, 0.3) is 11.8 Å². The molecular weight excluding hydrogens is 857 g/mol. The topological polar surface area (TPSA) is 309 Å². The Morgan fingerprint density at radius 2 is 1.48 bits per heavy atom. The van der Waals surface area contributed by atoms with E-state index < -0.39 is 82.1 Å². The van der Waals surface area contributed by atoms with E-state index in [9.17, 15) is 45.4 Å². The zero-order valence-electron chi connectivity index (χ0n) is 29.0. The van der Waals surface area contributed by atoms with E-state index in [1.165, 1.54) is 32.1 Å². The molecule has 22 nitrogen and oxygen atoms in total. The van der Waals surface area contributed by atoms with E-state index in [2.05, 4.69) is 46.7 Å². The van der Waals surface area contributed by atoms with Crippen molar-refractivity contribution >= 4 is 79.6 Å². The number of benzene rings is 2. The minimum absolute atomic E-state index is 0.0231. The summed E-state index contributed by atoms with van der Waals surface area (Å²) in [4.78, 5) is 38.1. The highest BCUT2D eigenvalue weighted by molar-refractivity contribution is 7.94. The van der Waals surface area contributed by atoms with Gasteiger partial charge in [-0.3, -0.25) is 13.9 Å². The number of aromatic nitrogens is 2. The number of allylic oxidation sites excluding steroid dienone is 4. The smallest absolute Gasteiger partial charge is 0.373 e. The highest BCUT2D eigenvalue weighted by Gasteiger charge is 2.38. The fourth-order valence-electron chi connectivity index (χ4n) is 4.52. The molecule has 5 N–H and O–H groups in total. The molecule has 3 aromatic rings. The van der Waals surface area contributed by atoms with Crippen molar-refractivity contribution in [2.75, 3.05) is 11.6 Å². The molecule has 1 aromatic heterocycles. The number of rotatable bonds is 16. The average Bonchev–Trinajstić information content (AvgIpc) is 3.69. The molecule has 2 aromatic carbocycles. The van der Waals surface area contributed by atoms with Gasteiger partial charge in [0, 0.05) is 15.7 Å². The van der Waals surface area contributed by atoms with Crippen LogP contribution in [0, 0.1) is 23.9 Å². The second kappa shape index (κ2) is 20.0. The summed E-state index contributed by atoms with van der Waals surface area (Å²) < 4.78 is 87.7. The highest BCUT2D eigenvalue weighted by atomic mass is 32.2. The standard InChI is InChI=1S/C32H24N4O18S4/c1-3-5-9-16-50-32(40)28-22(30(38)36(34-28)24-18-20(56-54-52-42)13-15-26(24)58(46,47)48)11-8-6-7-10-21-27(31(39)49-4-2)33-35(29(21)37)23-17-19(55-53-51-41)12-14-25(23)57(43,44)45/h6-8,10-15,17-18,37,41-42H,4H2,1-2H3,(H,43,44,45)(H,46,47,48)/b8-6?,10-7?,22-11-. The number of hydrazone groups is 1. The maximum Gasteiger partial charge on any atom is 0.373 e. The number of aromatic hydroxyl groups is 1. The van der Waals surface area contributed by atoms with Crippen LogP contribution in [-0.2, 0) is 58.0 Å². The van der Waals surface area contributed by atoms with Gasteiger partial charge >= 0.3 is 11.9 Å². The van der Waals surface area contributed by atoms with Crippen LogP contribution in [0.5, 0.6) is 5.88 Å². The molecule has 4 rings (SSSR count). The average molecular weight is 881 g/mol. The van der Waals surface area contributed by atoms with Gasteiger partial charge in [-0.1, -0.05) is 34.2 Å². The van der Waals surface area contributed by atoms with E-state index in [4.69, 9.17) is 20.0 Å². The van der Waals surface area contributed by atoms with Crippen LogP contribution in [0.4, 0.5) is 5.69 Å². The van der Waals surface area contributed by atoms with Crippen LogP contribution in [-0.4, -0.2) is 81.5 Å². The van der Waals surface area contributed by atoms with Gasteiger partial charge in [0.25, 0.3) is 26.1 Å². The van der Waals surface area contributed by atoms with Crippen LogP contribution >= 0.6 is 24.1 Å². The molecule has 0 bridgehead atoms. The first-order valence-electron chi connectivity index (χ1n) is 15.2. The minimum Gasteiger partial charge on any atom is -0.493 e. The highest BCUT2D eigenvalue weighted by Crippen LogP contribution is 2.36. The van der Waals surface area contributed by atoms with E-state index in [1.54, 1.807) is 0 Å². The summed E-state index contributed by atoms with van der Waals surface area (Å²) >= 11 is 0.762. The van der Waals surface area contributed by atoms with Gasteiger partial charge in [-0.25, -0.2) is 20.1 Å². The van der Waals surface area contributed by atoms with E-state index >= 15 is 0 Å². The van der Waals surface area contributed by atoms with Crippen molar-refractivity contribution in [3.63, 3.8) is 0 Å².